The highest BCUT2D eigenvalue weighted by Crippen LogP contribution is 2.35. The second-order valence-electron chi connectivity index (χ2n) is 5.68. The summed E-state index contributed by atoms with van der Waals surface area (Å²) in [4.78, 5) is 25.5. The van der Waals surface area contributed by atoms with E-state index >= 15 is 0 Å². The molecule has 1 aromatic rings. The van der Waals surface area contributed by atoms with Crippen molar-refractivity contribution in [3.05, 3.63) is 47.7 Å². The van der Waals surface area contributed by atoms with Crippen LogP contribution in [-0.2, 0) is 9.53 Å². The minimum atomic E-state index is -0.266. The van der Waals surface area contributed by atoms with Crippen LogP contribution in [0.15, 0.2) is 42.1 Å². The van der Waals surface area contributed by atoms with Gasteiger partial charge in [0.1, 0.15) is 6.10 Å². The molecule has 1 saturated heterocycles. The lowest BCUT2D eigenvalue weighted by atomic mass is 9.83. The van der Waals surface area contributed by atoms with Crippen LogP contribution in [0.25, 0.3) is 0 Å². The monoisotopic (exact) mass is 285 g/mol. The Morgan fingerprint density at radius 2 is 2.05 bits per heavy atom. The van der Waals surface area contributed by atoms with E-state index in [4.69, 9.17) is 4.74 Å². The lowest BCUT2D eigenvalue weighted by molar-refractivity contribution is -0.131. The first-order valence-electron chi connectivity index (χ1n) is 7.38. The summed E-state index contributed by atoms with van der Waals surface area (Å²) in [5.41, 5.74) is 1.68. The van der Waals surface area contributed by atoms with Gasteiger partial charge in [-0.25, -0.2) is 4.79 Å². The summed E-state index contributed by atoms with van der Waals surface area (Å²) in [7, 11) is 1.83. The number of esters is 1. The van der Waals surface area contributed by atoms with E-state index in [2.05, 4.69) is 0 Å². The van der Waals surface area contributed by atoms with E-state index in [9.17, 15) is 9.59 Å². The van der Waals surface area contributed by atoms with E-state index in [0.29, 0.717) is 24.3 Å². The third-order valence-electron chi connectivity index (χ3n) is 4.31. The molecule has 1 aliphatic heterocycles. The molecule has 2 aliphatic rings. The highest BCUT2D eigenvalue weighted by molar-refractivity contribution is 5.89. The van der Waals surface area contributed by atoms with Crippen molar-refractivity contribution in [1.82, 2.24) is 4.90 Å². The van der Waals surface area contributed by atoms with Gasteiger partial charge in [-0.15, -0.1) is 0 Å². The number of hydrogen-bond acceptors (Lipinski definition) is 3. The van der Waals surface area contributed by atoms with Crippen LogP contribution in [-0.4, -0.2) is 29.9 Å². The minimum absolute atomic E-state index is 0.0898. The first-order chi connectivity index (χ1) is 10.1. The summed E-state index contributed by atoms with van der Waals surface area (Å²) in [5.74, 6) is 0.241. The molecule has 0 aromatic heterocycles. The van der Waals surface area contributed by atoms with Crippen LogP contribution in [0.4, 0.5) is 0 Å². The van der Waals surface area contributed by atoms with Gasteiger partial charge in [-0.3, -0.25) is 4.79 Å². The summed E-state index contributed by atoms with van der Waals surface area (Å²) in [6.45, 7) is 0. The Labute approximate surface area is 124 Å². The molecular formula is C17H19NO3. The van der Waals surface area contributed by atoms with Gasteiger partial charge in [0, 0.05) is 31.5 Å². The molecular weight excluding hydrogens is 266 g/mol. The molecule has 1 aliphatic carbocycles. The lowest BCUT2D eigenvalue weighted by Gasteiger charge is -2.37. The van der Waals surface area contributed by atoms with Gasteiger partial charge in [0.15, 0.2) is 0 Å². The lowest BCUT2D eigenvalue weighted by Crippen LogP contribution is -2.39. The number of allylic oxidation sites excluding steroid dienone is 1. The molecule has 0 spiro atoms. The largest absolute Gasteiger partial charge is 0.458 e. The fraction of sp³-hybridized carbons (Fsp3) is 0.412. The van der Waals surface area contributed by atoms with Crippen molar-refractivity contribution >= 4 is 11.9 Å². The van der Waals surface area contributed by atoms with Gasteiger partial charge >= 0.3 is 5.97 Å². The number of amides is 1. The second kappa shape index (κ2) is 5.72. The van der Waals surface area contributed by atoms with Gasteiger partial charge in [-0.05, 0) is 25.0 Å². The topological polar surface area (TPSA) is 46.6 Å². The number of rotatable bonds is 2. The van der Waals surface area contributed by atoms with Crippen LogP contribution in [0, 0.1) is 5.92 Å². The Morgan fingerprint density at radius 3 is 2.81 bits per heavy atom. The first kappa shape index (κ1) is 13.9. The molecule has 2 atom stereocenters. The number of carbonyl (C=O) groups is 2. The Balaban J connectivity index is 1.66. The van der Waals surface area contributed by atoms with Crippen molar-refractivity contribution in [2.24, 2.45) is 5.92 Å². The fourth-order valence-corrected chi connectivity index (χ4v) is 3.13. The number of benzene rings is 1. The van der Waals surface area contributed by atoms with E-state index in [1.807, 2.05) is 31.3 Å². The van der Waals surface area contributed by atoms with Crippen LogP contribution in [0.2, 0.25) is 0 Å². The normalized spacial score (nSPS) is 25.1. The predicted octanol–water partition coefficient (Wildman–Crippen LogP) is 2.76. The molecule has 1 fully saturated rings. The minimum Gasteiger partial charge on any atom is -0.458 e. The SMILES string of the molecule is CN1C(=O)CC[C@@H]2C[C@@H](OC(=O)c3ccccc3)CC=C21. The summed E-state index contributed by atoms with van der Waals surface area (Å²) in [5, 5.41) is 0. The third kappa shape index (κ3) is 2.84. The number of hydrogen-bond donors (Lipinski definition) is 0. The summed E-state index contributed by atoms with van der Waals surface area (Å²) in [6.07, 6.45) is 4.89. The van der Waals surface area contributed by atoms with Crippen molar-refractivity contribution in [3.63, 3.8) is 0 Å². The molecule has 1 aromatic carbocycles. The molecule has 4 nitrogen and oxygen atoms in total. The van der Waals surface area contributed by atoms with Gasteiger partial charge in [-0.2, -0.15) is 0 Å². The van der Waals surface area contributed by atoms with Crippen LogP contribution in [0.1, 0.15) is 36.0 Å². The van der Waals surface area contributed by atoms with E-state index in [0.717, 1.165) is 18.5 Å². The van der Waals surface area contributed by atoms with E-state index in [1.54, 1.807) is 17.0 Å². The number of piperidine rings is 1. The Kier molecular flexibility index (Phi) is 3.78. The van der Waals surface area contributed by atoms with Crippen molar-refractivity contribution < 1.29 is 14.3 Å². The molecule has 3 rings (SSSR count). The van der Waals surface area contributed by atoms with Crippen molar-refractivity contribution in [2.45, 2.75) is 31.8 Å². The molecule has 0 N–H and O–H groups in total. The van der Waals surface area contributed by atoms with Gasteiger partial charge < -0.3 is 9.64 Å². The zero-order valence-corrected chi connectivity index (χ0v) is 12.1. The average Bonchev–Trinajstić information content (AvgIpc) is 2.52. The number of nitrogens with zero attached hydrogens (tertiary/aromatic N) is 1. The molecule has 0 bridgehead atoms. The van der Waals surface area contributed by atoms with Gasteiger partial charge in [-0.1, -0.05) is 24.3 Å². The van der Waals surface area contributed by atoms with Crippen LogP contribution >= 0.6 is 0 Å². The van der Waals surface area contributed by atoms with Crippen LogP contribution in [0.3, 0.4) is 0 Å². The van der Waals surface area contributed by atoms with E-state index < -0.39 is 0 Å². The molecule has 0 unspecified atom stereocenters. The Hall–Kier alpha value is -2.10. The highest BCUT2D eigenvalue weighted by atomic mass is 16.5. The standard InChI is InChI=1S/C17H19NO3/c1-18-15-9-8-14(11-13(15)7-10-16(18)19)21-17(20)12-5-3-2-4-6-12/h2-6,9,13-14H,7-8,10-11H2,1H3/t13-,14+/m1/s1. The number of fused-ring (bicyclic) bond motifs is 1. The maximum absolute atomic E-state index is 12.1. The van der Waals surface area contributed by atoms with Gasteiger partial charge in [0.05, 0.1) is 5.56 Å². The van der Waals surface area contributed by atoms with Crippen molar-refractivity contribution in [2.75, 3.05) is 7.05 Å². The zero-order chi connectivity index (χ0) is 14.8. The zero-order valence-electron chi connectivity index (χ0n) is 12.1. The summed E-state index contributed by atoms with van der Waals surface area (Å²) in [6, 6.07) is 9.06. The van der Waals surface area contributed by atoms with Gasteiger partial charge in [0.25, 0.3) is 0 Å². The van der Waals surface area contributed by atoms with Crippen molar-refractivity contribution in [1.29, 1.82) is 0 Å². The fourth-order valence-electron chi connectivity index (χ4n) is 3.13. The molecule has 21 heavy (non-hydrogen) atoms. The Bertz CT molecular complexity index is 579. The number of likely N-dealkylation sites (tertiary alicyclic amines) is 1. The summed E-state index contributed by atoms with van der Waals surface area (Å²) < 4.78 is 5.60. The molecule has 4 heteroatoms. The van der Waals surface area contributed by atoms with E-state index in [-0.39, 0.29) is 18.0 Å². The van der Waals surface area contributed by atoms with Crippen LogP contribution in [0.5, 0.6) is 0 Å². The molecule has 110 valence electrons. The third-order valence-corrected chi connectivity index (χ3v) is 4.31. The van der Waals surface area contributed by atoms with Gasteiger partial charge in [0.2, 0.25) is 5.91 Å². The molecule has 1 heterocycles. The number of ether oxygens (including phenoxy) is 1. The Morgan fingerprint density at radius 1 is 1.29 bits per heavy atom. The summed E-state index contributed by atoms with van der Waals surface area (Å²) >= 11 is 0. The quantitative estimate of drug-likeness (QED) is 0.785. The maximum Gasteiger partial charge on any atom is 0.338 e. The average molecular weight is 285 g/mol. The van der Waals surface area contributed by atoms with Crippen LogP contribution < -0.4 is 0 Å². The molecule has 0 saturated carbocycles. The first-order valence-corrected chi connectivity index (χ1v) is 7.38. The van der Waals surface area contributed by atoms with Crippen molar-refractivity contribution in [3.8, 4) is 0 Å². The smallest absolute Gasteiger partial charge is 0.338 e. The highest BCUT2D eigenvalue weighted by Gasteiger charge is 2.34. The van der Waals surface area contributed by atoms with E-state index in [1.165, 1.54) is 0 Å². The predicted molar refractivity (Wildman–Crippen MR) is 78.5 cm³/mol. The second-order valence-corrected chi connectivity index (χ2v) is 5.68. The number of carbonyl (C=O) groups excluding carboxylic acids is 2. The molecule has 0 radical (unpaired) electrons. The molecule has 1 amide bonds. The maximum atomic E-state index is 12.1.